The van der Waals surface area contributed by atoms with Gasteiger partial charge in [-0.25, -0.2) is 0 Å². The van der Waals surface area contributed by atoms with Crippen molar-refractivity contribution in [3.05, 3.63) is 0 Å². The van der Waals surface area contributed by atoms with E-state index in [9.17, 15) is 9.59 Å². The second-order valence-electron chi connectivity index (χ2n) is 4.03. The van der Waals surface area contributed by atoms with E-state index in [2.05, 4.69) is 5.32 Å². The van der Waals surface area contributed by atoms with Gasteiger partial charge in [-0.2, -0.15) is 0 Å². The van der Waals surface area contributed by atoms with E-state index in [-0.39, 0.29) is 23.7 Å². The van der Waals surface area contributed by atoms with E-state index in [4.69, 9.17) is 5.73 Å². The number of primary amides is 1. The summed E-state index contributed by atoms with van der Waals surface area (Å²) in [4.78, 5) is 22.6. The fraction of sp³-hybridized carbons (Fsp3) is 0.778. The van der Waals surface area contributed by atoms with Crippen molar-refractivity contribution in [1.29, 1.82) is 0 Å². The van der Waals surface area contributed by atoms with E-state index in [1.807, 2.05) is 0 Å². The van der Waals surface area contributed by atoms with Crippen molar-refractivity contribution < 1.29 is 9.59 Å². The van der Waals surface area contributed by atoms with Gasteiger partial charge < -0.3 is 11.1 Å². The highest BCUT2D eigenvalue weighted by Gasteiger charge is 2.40. The minimum Gasteiger partial charge on any atom is -0.369 e. The van der Waals surface area contributed by atoms with E-state index in [1.165, 1.54) is 0 Å². The average molecular weight is 182 g/mol. The number of carbonyl (C=O) groups is 2. The van der Waals surface area contributed by atoms with Crippen LogP contribution in [0.3, 0.4) is 0 Å². The second kappa shape index (κ2) is 3.10. The molecule has 4 nitrogen and oxygen atoms in total. The molecule has 0 aromatic carbocycles. The number of piperidine rings is 1. The van der Waals surface area contributed by atoms with Crippen LogP contribution in [0.2, 0.25) is 0 Å². The molecule has 2 bridgehead atoms. The zero-order chi connectivity index (χ0) is 9.42. The molecule has 0 spiro atoms. The summed E-state index contributed by atoms with van der Waals surface area (Å²) in [5, 5.41) is 3.20. The normalized spacial score (nSPS) is 38.8. The molecule has 1 saturated carbocycles. The fourth-order valence-corrected chi connectivity index (χ4v) is 2.38. The predicted octanol–water partition coefficient (Wildman–Crippen LogP) is -0.714. The van der Waals surface area contributed by atoms with Gasteiger partial charge in [0.15, 0.2) is 0 Å². The van der Waals surface area contributed by atoms with E-state index < -0.39 is 0 Å². The van der Waals surface area contributed by atoms with Crippen LogP contribution in [-0.4, -0.2) is 24.8 Å². The molecule has 4 heteroatoms. The third kappa shape index (κ3) is 1.46. The molecule has 13 heavy (non-hydrogen) atoms. The van der Waals surface area contributed by atoms with Crippen molar-refractivity contribution >= 4 is 11.7 Å². The van der Waals surface area contributed by atoms with Crippen molar-refractivity contribution in [1.82, 2.24) is 5.32 Å². The number of rotatable bonds is 1. The molecule has 0 radical (unpaired) electrons. The summed E-state index contributed by atoms with van der Waals surface area (Å²) in [6.45, 7) is 1.44. The molecule has 2 aliphatic rings. The van der Waals surface area contributed by atoms with Gasteiger partial charge in [-0.05, 0) is 12.8 Å². The summed E-state index contributed by atoms with van der Waals surface area (Å²) in [7, 11) is 0. The Hall–Kier alpha value is -0.900. The Labute approximate surface area is 76.9 Å². The predicted molar refractivity (Wildman–Crippen MR) is 46.8 cm³/mol. The first-order valence-electron chi connectivity index (χ1n) is 4.72. The summed E-state index contributed by atoms with van der Waals surface area (Å²) < 4.78 is 0. The number of fused-ring (bicyclic) bond motifs is 2. The number of carbonyl (C=O) groups excluding carboxylic acids is 2. The molecule has 3 N–H and O–H groups in total. The number of amides is 1. The van der Waals surface area contributed by atoms with E-state index in [0.29, 0.717) is 18.6 Å². The van der Waals surface area contributed by atoms with Crippen LogP contribution in [0, 0.1) is 17.8 Å². The molecule has 1 aliphatic heterocycles. The Kier molecular flexibility index (Phi) is 2.07. The van der Waals surface area contributed by atoms with Crippen LogP contribution in [0.1, 0.15) is 12.8 Å². The smallest absolute Gasteiger partial charge is 0.220 e. The number of nitrogens with one attached hydrogen (secondary N) is 1. The lowest BCUT2D eigenvalue weighted by Gasteiger charge is -2.36. The van der Waals surface area contributed by atoms with Gasteiger partial charge >= 0.3 is 0 Å². The highest BCUT2D eigenvalue weighted by Crippen LogP contribution is 2.32. The van der Waals surface area contributed by atoms with Crippen molar-refractivity contribution in [2.45, 2.75) is 12.8 Å². The first-order chi connectivity index (χ1) is 6.18. The van der Waals surface area contributed by atoms with Gasteiger partial charge in [-0.3, -0.25) is 9.59 Å². The van der Waals surface area contributed by atoms with Gasteiger partial charge in [-0.1, -0.05) is 0 Å². The Morgan fingerprint density at radius 1 is 1.31 bits per heavy atom. The molecule has 0 aromatic rings. The van der Waals surface area contributed by atoms with Crippen molar-refractivity contribution in [2.24, 2.45) is 23.5 Å². The van der Waals surface area contributed by atoms with Crippen LogP contribution < -0.4 is 11.1 Å². The molecule has 2 atom stereocenters. The fourth-order valence-electron chi connectivity index (χ4n) is 2.38. The van der Waals surface area contributed by atoms with Crippen molar-refractivity contribution in [2.75, 3.05) is 13.1 Å². The highest BCUT2D eigenvalue weighted by molar-refractivity contribution is 5.88. The number of ketones is 1. The molecule has 1 aliphatic carbocycles. The Bertz CT molecular complexity index is 236. The topological polar surface area (TPSA) is 72.2 Å². The van der Waals surface area contributed by atoms with Crippen molar-refractivity contribution in [3.8, 4) is 0 Å². The van der Waals surface area contributed by atoms with Crippen LogP contribution in [0.25, 0.3) is 0 Å². The van der Waals surface area contributed by atoms with E-state index >= 15 is 0 Å². The summed E-state index contributed by atoms with van der Waals surface area (Å²) >= 11 is 0. The summed E-state index contributed by atoms with van der Waals surface area (Å²) in [6.07, 6.45) is 1.30. The lowest BCUT2D eigenvalue weighted by molar-refractivity contribution is -0.135. The first kappa shape index (κ1) is 8.69. The molecule has 2 fully saturated rings. The van der Waals surface area contributed by atoms with Gasteiger partial charge in [0, 0.05) is 30.8 Å². The monoisotopic (exact) mass is 182 g/mol. The maximum atomic E-state index is 11.6. The lowest BCUT2D eigenvalue weighted by Crippen LogP contribution is -2.50. The van der Waals surface area contributed by atoms with Gasteiger partial charge in [0.1, 0.15) is 5.78 Å². The molecule has 2 unspecified atom stereocenters. The number of nitrogens with two attached hydrogens (primary N) is 1. The minimum absolute atomic E-state index is 0.0324. The van der Waals surface area contributed by atoms with Crippen LogP contribution in [-0.2, 0) is 9.59 Å². The number of Topliss-reactive ketones (excluding diaryl/α,β-unsaturated/α-hetero) is 1. The SMILES string of the molecule is NC(=O)C1CC2CNCC(C1)C2=O. The lowest BCUT2D eigenvalue weighted by atomic mass is 9.72. The van der Waals surface area contributed by atoms with Gasteiger partial charge in [-0.15, -0.1) is 0 Å². The maximum absolute atomic E-state index is 11.6. The third-order valence-electron chi connectivity index (χ3n) is 3.13. The Morgan fingerprint density at radius 3 is 2.31 bits per heavy atom. The molecule has 1 heterocycles. The molecule has 1 saturated heterocycles. The quantitative estimate of drug-likeness (QED) is 0.562. The molecule has 2 rings (SSSR count). The molecular weight excluding hydrogens is 168 g/mol. The summed E-state index contributed by atoms with van der Waals surface area (Å²) in [6, 6.07) is 0. The van der Waals surface area contributed by atoms with Crippen LogP contribution in [0.4, 0.5) is 0 Å². The standard InChI is InChI=1S/C9H14N2O2/c10-9(13)5-1-6-3-11-4-7(2-5)8(6)12/h5-7,11H,1-4H2,(H2,10,13). The van der Waals surface area contributed by atoms with E-state index in [0.717, 1.165) is 13.1 Å². The molecule has 1 amide bonds. The second-order valence-corrected chi connectivity index (χ2v) is 4.03. The van der Waals surface area contributed by atoms with Gasteiger partial charge in [0.05, 0.1) is 0 Å². The Balaban J connectivity index is 2.11. The van der Waals surface area contributed by atoms with Gasteiger partial charge in [0.25, 0.3) is 0 Å². The van der Waals surface area contributed by atoms with Crippen LogP contribution in [0.15, 0.2) is 0 Å². The Morgan fingerprint density at radius 2 is 1.85 bits per heavy atom. The molecular formula is C9H14N2O2. The largest absolute Gasteiger partial charge is 0.369 e. The molecule has 0 aromatic heterocycles. The minimum atomic E-state index is -0.246. The highest BCUT2D eigenvalue weighted by atomic mass is 16.1. The van der Waals surface area contributed by atoms with Crippen LogP contribution in [0.5, 0.6) is 0 Å². The molecule has 72 valence electrons. The number of hydrogen-bond donors (Lipinski definition) is 2. The van der Waals surface area contributed by atoms with Gasteiger partial charge in [0.2, 0.25) is 5.91 Å². The average Bonchev–Trinajstić information content (AvgIpc) is 2.02. The maximum Gasteiger partial charge on any atom is 0.220 e. The number of hydrogen-bond acceptors (Lipinski definition) is 3. The van der Waals surface area contributed by atoms with E-state index in [1.54, 1.807) is 0 Å². The van der Waals surface area contributed by atoms with Crippen LogP contribution >= 0.6 is 0 Å². The summed E-state index contributed by atoms with van der Waals surface area (Å²) in [5.74, 6) is 0.0745. The summed E-state index contributed by atoms with van der Waals surface area (Å²) in [5.41, 5.74) is 5.25. The first-order valence-corrected chi connectivity index (χ1v) is 4.72. The van der Waals surface area contributed by atoms with Crippen molar-refractivity contribution in [3.63, 3.8) is 0 Å². The third-order valence-corrected chi connectivity index (χ3v) is 3.13. The zero-order valence-electron chi connectivity index (χ0n) is 7.45. The zero-order valence-corrected chi connectivity index (χ0v) is 7.45.